The standard InChI is InChI=1S/C16H18N2O3/c1-2-21-14-3-4-15-12(10-14)9-13(11-19)16(17-15)18-5-7-20-8-6-18/h3-4,9-11H,2,5-8H2,1H3. The van der Waals surface area contributed by atoms with Gasteiger partial charge in [-0.2, -0.15) is 0 Å². The van der Waals surface area contributed by atoms with E-state index in [1.165, 1.54) is 0 Å². The summed E-state index contributed by atoms with van der Waals surface area (Å²) in [6.07, 6.45) is 0.866. The molecule has 1 fully saturated rings. The molecule has 5 nitrogen and oxygen atoms in total. The van der Waals surface area contributed by atoms with Crippen molar-refractivity contribution in [2.45, 2.75) is 6.92 Å². The molecule has 1 aliphatic heterocycles. The molecule has 1 aromatic carbocycles. The van der Waals surface area contributed by atoms with Crippen LogP contribution in [0.15, 0.2) is 24.3 Å². The molecule has 1 aromatic heterocycles. The minimum Gasteiger partial charge on any atom is -0.494 e. The Labute approximate surface area is 123 Å². The van der Waals surface area contributed by atoms with E-state index in [1.807, 2.05) is 31.2 Å². The number of rotatable bonds is 4. The van der Waals surface area contributed by atoms with Crippen LogP contribution in [0.1, 0.15) is 17.3 Å². The van der Waals surface area contributed by atoms with E-state index in [-0.39, 0.29) is 0 Å². The number of aldehydes is 1. The topological polar surface area (TPSA) is 51.7 Å². The highest BCUT2D eigenvalue weighted by Gasteiger charge is 2.17. The van der Waals surface area contributed by atoms with Gasteiger partial charge in [-0.1, -0.05) is 0 Å². The number of hydrogen-bond donors (Lipinski definition) is 0. The number of anilines is 1. The van der Waals surface area contributed by atoms with Crippen LogP contribution in [0.25, 0.3) is 10.9 Å². The zero-order chi connectivity index (χ0) is 14.7. The first kappa shape index (κ1) is 13.8. The molecule has 0 radical (unpaired) electrons. The molecule has 0 atom stereocenters. The second kappa shape index (κ2) is 6.10. The van der Waals surface area contributed by atoms with Crippen LogP contribution in [-0.4, -0.2) is 44.2 Å². The van der Waals surface area contributed by atoms with Crippen molar-refractivity contribution < 1.29 is 14.3 Å². The summed E-state index contributed by atoms with van der Waals surface area (Å²) in [5.41, 5.74) is 1.48. The quantitative estimate of drug-likeness (QED) is 0.807. The zero-order valence-electron chi connectivity index (χ0n) is 12.0. The number of nitrogens with zero attached hydrogens (tertiary/aromatic N) is 2. The molecule has 1 saturated heterocycles. The lowest BCUT2D eigenvalue weighted by Crippen LogP contribution is -2.37. The number of pyridine rings is 1. The highest BCUT2D eigenvalue weighted by molar-refractivity contribution is 5.92. The third-order valence-corrected chi connectivity index (χ3v) is 3.54. The maximum atomic E-state index is 11.4. The molecule has 110 valence electrons. The first-order chi connectivity index (χ1) is 10.3. The highest BCUT2D eigenvalue weighted by Crippen LogP contribution is 2.26. The number of benzene rings is 1. The molecule has 2 aromatic rings. The van der Waals surface area contributed by atoms with Crippen LogP contribution < -0.4 is 9.64 Å². The number of ether oxygens (including phenoxy) is 2. The number of aromatic nitrogens is 1. The van der Waals surface area contributed by atoms with E-state index in [9.17, 15) is 4.79 Å². The Morgan fingerprint density at radius 1 is 1.33 bits per heavy atom. The van der Waals surface area contributed by atoms with Crippen LogP contribution in [0, 0.1) is 0 Å². The first-order valence-electron chi connectivity index (χ1n) is 7.17. The third-order valence-electron chi connectivity index (χ3n) is 3.54. The van der Waals surface area contributed by atoms with Gasteiger partial charge in [0.2, 0.25) is 0 Å². The van der Waals surface area contributed by atoms with Crippen LogP contribution in [0.5, 0.6) is 5.75 Å². The molecule has 0 amide bonds. The van der Waals surface area contributed by atoms with Crippen molar-refractivity contribution in [3.8, 4) is 5.75 Å². The molecule has 0 bridgehead atoms. The molecule has 21 heavy (non-hydrogen) atoms. The summed E-state index contributed by atoms with van der Waals surface area (Å²) in [4.78, 5) is 18.1. The lowest BCUT2D eigenvalue weighted by atomic mass is 10.1. The number of hydrogen-bond acceptors (Lipinski definition) is 5. The van der Waals surface area contributed by atoms with E-state index in [2.05, 4.69) is 9.88 Å². The average molecular weight is 286 g/mol. The minimum atomic E-state index is 0.609. The molecule has 0 N–H and O–H groups in total. The van der Waals surface area contributed by atoms with Crippen LogP contribution in [0.4, 0.5) is 5.82 Å². The smallest absolute Gasteiger partial charge is 0.153 e. The van der Waals surface area contributed by atoms with E-state index in [1.54, 1.807) is 0 Å². The number of morpholine rings is 1. The molecular weight excluding hydrogens is 268 g/mol. The van der Waals surface area contributed by atoms with Gasteiger partial charge < -0.3 is 14.4 Å². The number of carbonyl (C=O) groups is 1. The summed E-state index contributed by atoms with van der Waals surface area (Å²) >= 11 is 0. The first-order valence-corrected chi connectivity index (χ1v) is 7.17. The second-order valence-corrected chi connectivity index (χ2v) is 4.91. The molecule has 0 unspecified atom stereocenters. The minimum absolute atomic E-state index is 0.609. The highest BCUT2D eigenvalue weighted by atomic mass is 16.5. The molecule has 3 rings (SSSR count). The maximum absolute atomic E-state index is 11.4. The zero-order valence-corrected chi connectivity index (χ0v) is 12.0. The van der Waals surface area contributed by atoms with Gasteiger partial charge in [0.25, 0.3) is 0 Å². The molecule has 1 aliphatic rings. The van der Waals surface area contributed by atoms with Gasteiger partial charge in [0, 0.05) is 18.5 Å². The van der Waals surface area contributed by atoms with Crippen LogP contribution in [0.2, 0.25) is 0 Å². The van der Waals surface area contributed by atoms with Crippen molar-refractivity contribution >= 4 is 23.0 Å². The van der Waals surface area contributed by atoms with Gasteiger partial charge in [0.1, 0.15) is 11.6 Å². The molecule has 0 spiro atoms. The second-order valence-electron chi connectivity index (χ2n) is 4.91. The van der Waals surface area contributed by atoms with Crippen molar-refractivity contribution in [2.24, 2.45) is 0 Å². The molecular formula is C16H18N2O3. The predicted octanol–water partition coefficient (Wildman–Crippen LogP) is 2.28. The molecule has 5 heteroatoms. The Kier molecular flexibility index (Phi) is 4.01. The molecule has 2 heterocycles. The SMILES string of the molecule is CCOc1ccc2nc(N3CCOCC3)c(C=O)cc2c1. The van der Waals surface area contributed by atoms with E-state index in [0.29, 0.717) is 25.4 Å². The summed E-state index contributed by atoms with van der Waals surface area (Å²) in [7, 11) is 0. The van der Waals surface area contributed by atoms with Crippen molar-refractivity contribution in [1.29, 1.82) is 0 Å². The number of fused-ring (bicyclic) bond motifs is 1. The summed E-state index contributed by atoms with van der Waals surface area (Å²) in [5.74, 6) is 1.53. The van der Waals surface area contributed by atoms with Gasteiger partial charge in [-0.05, 0) is 31.2 Å². The van der Waals surface area contributed by atoms with Crippen molar-refractivity contribution in [3.05, 3.63) is 29.8 Å². The third kappa shape index (κ3) is 2.83. The monoisotopic (exact) mass is 286 g/mol. The Morgan fingerprint density at radius 2 is 2.14 bits per heavy atom. The van der Waals surface area contributed by atoms with Gasteiger partial charge in [0.15, 0.2) is 6.29 Å². The Hall–Kier alpha value is -2.14. The maximum Gasteiger partial charge on any atom is 0.153 e. The van der Waals surface area contributed by atoms with Crippen LogP contribution in [0.3, 0.4) is 0 Å². The Balaban J connectivity index is 2.04. The Morgan fingerprint density at radius 3 is 2.86 bits per heavy atom. The summed E-state index contributed by atoms with van der Waals surface area (Å²) in [5, 5.41) is 0.917. The van der Waals surface area contributed by atoms with Crippen LogP contribution in [-0.2, 0) is 4.74 Å². The average Bonchev–Trinajstić information content (AvgIpc) is 2.54. The summed E-state index contributed by atoms with van der Waals surface area (Å²) in [6.45, 7) is 5.42. The normalized spacial score (nSPS) is 15.2. The fourth-order valence-electron chi connectivity index (χ4n) is 2.53. The van der Waals surface area contributed by atoms with Gasteiger partial charge in [-0.25, -0.2) is 4.98 Å². The summed E-state index contributed by atoms with van der Waals surface area (Å²) < 4.78 is 10.8. The van der Waals surface area contributed by atoms with Gasteiger partial charge in [-0.3, -0.25) is 4.79 Å². The van der Waals surface area contributed by atoms with Gasteiger partial charge >= 0.3 is 0 Å². The van der Waals surface area contributed by atoms with E-state index in [0.717, 1.165) is 41.8 Å². The lowest BCUT2D eigenvalue weighted by Gasteiger charge is -2.28. The van der Waals surface area contributed by atoms with Crippen molar-refractivity contribution in [2.75, 3.05) is 37.8 Å². The fourth-order valence-corrected chi connectivity index (χ4v) is 2.53. The van der Waals surface area contributed by atoms with Crippen LogP contribution >= 0.6 is 0 Å². The lowest BCUT2D eigenvalue weighted by molar-refractivity contribution is 0.111. The van der Waals surface area contributed by atoms with E-state index >= 15 is 0 Å². The predicted molar refractivity (Wildman–Crippen MR) is 81.3 cm³/mol. The number of carbonyl (C=O) groups excluding carboxylic acids is 1. The van der Waals surface area contributed by atoms with Crippen molar-refractivity contribution in [3.63, 3.8) is 0 Å². The van der Waals surface area contributed by atoms with Gasteiger partial charge in [0.05, 0.1) is 30.9 Å². The van der Waals surface area contributed by atoms with Crippen molar-refractivity contribution in [1.82, 2.24) is 4.98 Å². The summed E-state index contributed by atoms with van der Waals surface area (Å²) in [6, 6.07) is 7.63. The molecule has 0 saturated carbocycles. The van der Waals surface area contributed by atoms with Gasteiger partial charge in [-0.15, -0.1) is 0 Å². The van der Waals surface area contributed by atoms with E-state index in [4.69, 9.17) is 9.47 Å². The molecule has 0 aliphatic carbocycles. The largest absolute Gasteiger partial charge is 0.494 e. The fraction of sp³-hybridized carbons (Fsp3) is 0.375. The van der Waals surface area contributed by atoms with E-state index < -0.39 is 0 Å². The Bertz CT molecular complexity index is 651.